The van der Waals surface area contributed by atoms with Crippen molar-refractivity contribution in [3.05, 3.63) is 108 Å². The Morgan fingerprint density at radius 2 is 1.11 bits per heavy atom. The van der Waals surface area contributed by atoms with Gasteiger partial charge in [0.05, 0.1) is 6.04 Å². The number of primary amides is 1. The van der Waals surface area contributed by atoms with Gasteiger partial charge in [0.25, 0.3) is 11.8 Å². The fourth-order valence-electron chi connectivity index (χ4n) is 4.21. The van der Waals surface area contributed by atoms with Crippen LogP contribution in [0.5, 0.6) is 0 Å². The standard InChI is InChI=1S/C33H37N5O6/c1-21(35-29(41)25(19-22-13-7-4-8-14-22)36-28(40)24-17-11-6-12-18-24)27(39)31(43)37-26(20-23-15-9-5-10-16-23)30(42)38-33(2,3)32(34)44/h4-18,21,25-26H,19-20H2,1-3H3,(H2,34,44)(H,35,41)(H,36,40)(H,37,43)(H,38,42)/t21?,25-,26?/m0/s1. The van der Waals surface area contributed by atoms with Crippen LogP contribution in [0.1, 0.15) is 42.3 Å². The number of nitrogens with two attached hydrogens (primary N) is 1. The molecule has 0 heterocycles. The lowest BCUT2D eigenvalue weighted by atomic mass is 10.0. The van der Waals surface area contributed by atoms with E-state index >= 15 is 0 Å². The molecule has 0 aromatic heterocycles. The first-order valence-corrected chi connectivity index (χ1v) is 14.1. The summed E-state index contributed by atoms with van der Waals surface area (Å²) in [7, 11) is 0. The highest BCUT2D eigenvalue weighted by molar-refractivity contribution is 6.38. The van der Waals surface area contributed by atoms with Gasteiger partial charge in [-0.05, 0) is 44.0 Å². The van der Waals surface area contributed by atoms with E-state index in [0.717, 1.165) is 5.56 Å². The van der Waals surface area contributed by atoms with E-state index in [0.29, 0.717) is 11.1 Å². The predicted molar refractivity (Wildman–Crippen MR) is 164 cm³/mol. The number of Topliss-reactive ketones (excluding diaryl/α,β-unsaturated/α-hetero) is 1. The van der Waals surface area contributed by atoms with Crippen molar-refractivity contribution in [2.24, 2.45) is 5.73 Å². The molecule has 0 aliphatic rings. The van der Waals surface area contributed by atoms with Gasteiger partial charge in [-0.15, -0.1) is 0 Å². The van der Waals surface area contributed by atoms with E-state index in [9.17, 15) is 28.8 Å². The summed E-state index contributed by atoms with van der Waals surface area (Å²) in [5.74, 6) is -4.78. The van der Waals surface area contributed by atoms with Crippen molar-refractivity contribution in [3.63, 3.8) is 0 Å². The van der Waals surface area contributed by atoms with Gasteiger partial charge in [-0.25, -0.2) is 0 Å². The van der Waals surface area contributed by atoms with Gasteiger partial charge in [0, 0.05) is 18.4 Å². The Morgan fingerprint density at radius 3 is 1.59 bits per heavy atom. The third kappa shape index (κ3) is 9.62. The van der Waals surface area contributed by atoms with Gasteiger partial charge in [0.1, 0.15) is 17.6 Å². The zero-order valence-corrected chi connectivity index (χ0v) is 24.8. The van der Waals surface area contributed by atoms with E-state index in [1.165, 1.54) is 20.8 Å². The second kappa shape index (κ2) is 15.2. The largest absolute Gasteiger partial charge is 0.368 e. The molecule has 0 aliphatic carbocycles. The zero-order chi connectivity index (χ0) is 32.3. The van der Waals surface area contributed by atoms with Crippen LogP contribution in [0.25, 0.3) is 0 Å². The Kier molecular flexibility index (Phi) is 11.5. The smallest absolute Gasteiger partial charge is 0.290 e. The Morgan fingerprint density at radius 1 is 0.659 bits per heavy atom. The summed E-state index contributed by atoms with van der Waals surface area (Å²) in [5.41, 5.74) is 5.78. The molecule has 0 spiro atoms. The average Bonchev–Trinajstić information content (AvgIpc) is 3.01. The van der Waals surface area contributed by atoms with Crippen molar-refractivity contribution < 1.29 is 28.8 Å². The van der Waals surface area contributed by atoms with E-state index < -0.39 is 59.0 Å². The molecule has 11 nitrogen and oxygen atoms in total. The van der Waals surface area contributed by atoms with Gasteiger partial charge in [0.15, 0.2) is 0 Å². The minimum atomic E-state index is -1.42. The number of benzene rings is 3. The number of amides is 5. The first-order chi connectivity index (χ1) is 20.9. The predicted octanol–water partition coefficient (Wildman–Crippen LogP) is 1.21. The molecule has 5 amide bonds. The van der Waals surface area contributed by atoms with Crippen molar-refractivity contribution >= 4 is 35.3 Å². The fraction of sp³-hybridized carbons (Fsp3) is 0.273. The molecule has 0 fully saturated rings. The first kappa shape index (κ1) is 33.2. The normalized spacial score (nSPS) is 13.0. The Bertz CT molecular complexity index is 1480. The molecule has 2 unspecified atom stereocenters. The van der Waals surface area contributed by atoms with Crippen LogP contribution >= 0.6 is 0 Å². The summed E-state index contributed by atoms with van der Waals surface area (Å²) < 4.78 is 0. The number of nitrogens with one attached hydrogen (secondary N) is 4. The molecule has 230 valence electrons. The molecule has 3 atom stereocenters. The van der Waals surface area contributed by atoms with Crippen LogP contribution in [-0.4, -0.2) is 59.0 Å². The first-order valence-electron chi connectivity index (χ1n) is 14.1. The van der Waals surface area contributed by atoms with Crippen molar-refractivity contribution in [1.29, 1.82) is 0 Å². The van der Waals surface area contributed by atoms with Gasteiger partial charge in [-0.3, -0.25) is 28.8 Å². The lowest BCUT2D eigenvalue weighted by molar-refractivity contribution is -0.141. The van der Waals surface area contributed by atoms with E-state index in [2.05, 4.69) is 21.3 Å². The molecule has 0 radical (unpaired) electrons. The van der Waals surface area contributed by atoms with Crippen LogP contribution in [0.15, 0.2) is 91.0 Å². The van der Waals surface area contributed by atoms with Gasteiger partial charge in [-0.2, -0.15) is 0 Å². The lowest BCUT2D eigenvalue weighted by Crippen LogP contribution is -2.60. The topological polar surface area (TPSA) is 177 Å². The van der Waals surface area contributed by atoms with Crippen molar-refractivity contribution in [1.82, 2.24) is 21.3 Å². The SMILES string of the molecule is CC(NC(=O)[C@H](Cc1ccccc1)NC(=O)c1ccccc1)C(=O)C(=O)NC(Cc1ccccc1)C(=O)NC(C)(C)C(N)=O. The zero-order valence-electron chi connectivity index (χ0n) is 24.8. The minimum Gasteiger partial charge on any atom is -0.368 e. The van der Waals surface area contributed by atoms with Crippen LogP contribution in [0.2, 0.25) is 0 Å². The number of ketones is 1. The van der Waals surface area contributed by atoms with Crippen molar-refractivity contribution in [3.8, 4) is 0 Å². The second-order valence-corrected chi connectivity index (χ2v) is 10.9. The molecule has 11 heteroatoms. The van der Waals surface area contributed by atoms with Crippen LogP contribution < -0.4 is 27.0 Å². The summed E-state index contributed by atoms with van der Waals surface area (Å²) >= 11 is 0. The quantitative estimate of drug-likeness (QED) is 0.174. The molecule has 0 bridgehead atoms. The Labute approximate surface area is 256 Å². The van der Waals surface area contributed by atoms with Crippen LogP contribution in [0.3, 0.4) is 0 Å². The summed E-state index contributed by atoms with van der Waals surface area (Å²) in [5, 5.41) is 10.2. The van der Waals surface area contributed by atoms with Crippen molar-refractivity contribution in [2.75, 3.05) is 0 Å². The number of carbonyl (C=O) groups is 6. The highest BCUT2D eigenvalue weighted by atomic mass is 16.2. The fourth-order valence-corrected chi connectivity index (χ4v) is 4.21. The van der Waals surface area contributed by atoms with Crippen LogP contribution in [0.4, 0.5) is 0 Å². The molecular weight excluding hydrogens is 562 g/mol. The number of hydrogen-bond acceptors (Lipinski definition) is 6. The van der Waals surface area contributed by atoms with E-state index in [4.69, 9.17) is 5.73 Å². The number of carbonyl (C=O) groups excluding carboxylic acids is 6. The number of hydrogen-bond donors (Lipinski definition) is 5. The summed E-state index contributed by atoms with van der Waals surface area (Å²) in [6.45, 7) is 4.17. The summed E-state index contributed by atoms with van der Waals surface area (Å²) in [6.07, 6.45) is 0.152. The summed E-state index contributed by atoms with van der Waals surface area (Å²) in [4.78, 5) is 77.2. The lowest BCUT2D eigenvalue weighted by Gasteiger charge is -2.26. The molecule has 3 aromatic carbocycles. The third-order valence-corrected chi connectivity index (χ3v) is 6.87. The molecule has 0 aliphatic heterocycles. The van der Waals surface area contributed by atoms with Gasteiger partial charge >= 0.3 is 0 Å². The minimum absolute atomic E-state index is 0.0198. The molecule has 6 N–H and O–H groups in total. The van der Waals surface area contributed by atoms with Gasteiger partial charge in [-0.1, -0.05) is 78.9 Å². The van der Waals surface area contributed by atoms with Crippen LogP contribution in [0, 0.1) is 0 Å². The maximum absolute atomic E-state index is 13.3. The maximum atomic E-state index is 13.3. The Hall–Kier alpha value is -5.32. The third-order valence-electron chi connectivity index (χ3n) is 6.87. The van der Waals surface area contributed by atoms with Gasteiger partial charge in [0.2, 0.25) is 23.5 Å². The maximum Gasteiger partial charge on any atom is 0.290 e. The molecule has 0 saturated heterocycles. The average molecular weight is 600 g/mol. The van der Waals surface area contributed by atoms with Crippen molar-refractivity contribution in [2.45, 2.75) is 57.3 Å². The Balaban J connectivity index is 1.73. The van der Waals surface area contributed by atoms with E-state index in [-0.39, 0.29) is 12.8 Å². The molecule has 44 heavy (non-hydrogen) atoms. The van der Waals surface area contributed by atoms with E-state index in [1.807, 2.05) is 6.07 Å². The van der Waals surface area contributed by atoms with Crippen LogP contribution in [-0.2, 0) is 36.8 Å². The molecular formula is C33H37N5O6. The molecule has 0 saturated carbocycles. The van der Waals surface area contributed by atoms with Gasteiger partial charge < -0.3 is 27.0 Å². The highest BCUT2D eigenvalue weighted by Crippen LogP contribution is 2.09. The number of rotatable bonds is 14. The second-order valence-electron chi connectivity index (χ2n) is 10.9. The monoisotopic (exact) mass is 599 g/mol. The highest BCUT2D eigenvalue weighted by Gasteiger charge is 2.34. The van der Waals surface area contributed by atoms with E-state index in [1.54, 1.807) is 84.9 Å². The molecule has 3 rings (SSSR count). The molecule has 3 aromatic rings. The summed E-state index contributed by atoms with van der Waals surface area (Å²) in [6, 6.07) is 22.6.